The van der Waals surface area contributed by atoms with Gasteiger partial charge in [0.15, 0.2) is 0 Å². The second-order valence-corrected chi connectivity index (χ2v) is 7.01. The topological polar surface area (TPSA) is 67.6 Å². The summed E-state index contributed by atoms with van der Waals surface area (Å²) in [6.07, 6.45) is 0.800. The molecule has 6 heteroatoms. The van der Waals surface area contributed by atoms with Crippen LogP contribution in [-0.2, 0) is 11.3 Å². The van der Waals surface area contributed by atoms with Crippen molar-refractivity contribution in [3.05, 3.63) is 17.0 Å². The zero-order valence-electron chi connectivity index (χ0n) is 14.2. The van der Waals surface area contributed by atoms with Crippen molar-refractivity contribution in [1.29, 1.82) is 0 Å². The van der Waals surface area contributed by atoms with Crippen LogP contribution in [0, 0.1) is 19.8 Å². The quantitative estimate of drug-likeness (QED) is 0.926. The Labute approximate surface area is 132 Å². The number of aryl methyl sites for hydroxylation is 2. The fourth-order valence-electron chi connectivity index (χ4n) is 2.65. The number of rotatable bonds is 4. The van der Waals surface area contributed by atoms with Crippen LogP contribution in [0.4, 0.5) is 4.79 Å². The number of hydrogen-bond acceptors (Lipinski definition) is 5. The Morgan fingerprint density at radius 1 is 1.45 bits per heavy atom. The highest BCUT2D eigenvalue weighted by Gasteiger charge is 2.29. The summed E-state index contributed by atoms with van der Waals surface area (Å²) in [5.74, 6) is 1.33. The number of carbonyl (C=O) groups is 1. The molecule has 1 aliphatic rings. The molecule has 2 rings (SSSR count). The molecule has 1 saturated heterocycles. The van der Waals surface area contributed by atoms with Gasteiger partial charge in [-0.2, -0.15) is 0 Å². The van der Waals surface area contributed by atoms with Crippen LogP contribution < -0.4 is 5.32 Å². The van der Waals surface area contributed by atoms with Crippen molar-refractivity contribution < 1.29 is 14.1 Å². The van der Waals surface area contributed by atoms with Crippen molar-refractivity contribution in [3.8, 4) is 0 Å². The predicted octanol–water partition coefficient (Wildman–Crippen LogP) is 2.64. The van der Waals surface area contributed by atoms with Crippen molar-refractivity contribution in [2.75, 3.05) is 19.6 Å². The van der Waals surface area contributed by atoms with Gasteiger partial charge in [0.2, 0.25) is 0 Å². The van der Waals surface area contributed by atoms with Gasteiger partial charge < -0.3 is 19.5 Å². The number of carbonyl (C=O) groups excluding carboxylic acids is 1. The third-order valence-electron chi connectivity index (χ3n) is 3.85. The van der Waals surface area contributed by atoms with Gasteiger partial charge in [0.25, 0.3) is 0 Å². The summed E-state index contributed by atoms with van der Waals surface area (Å²) < 4.78 is 10.6. The Morgan fingerprint density at radius 2 is 2.18 bits per heavy atom. The molecular weight excluding hydrogens is 282 g/mol. The van der Waals surface area contributed by atoms with Gasteiger partial charge in [0.05, 0.1) is 5.69 Å². The summed E-state index contributed by atoms with van der Waals surface area (Å²) >= 11 is 0. The van der Waals surface area contributed by atoms with Gasteiger partial charge in [-0.1, -0.05) is 5.16 Å². The lowest BCUT2D eigenvalue weighted by Gasteiger charge is -2.24. The zero-order chi connectivity index (χ0) is 16.3. The lowest BCUT2D eigenvalue weighted by molar-refractivity contribution is 0.0288. The van der Waals surface area contributed by atoms with Crippen LogP contribution in [-0.4, -0.2) is 41.4 Å². The van der Waals surface area contributed by atoms with E-state index >= 15 is 0 Å². The number of ether oxygens (including phenoxy) is 1. The van der Waals surface area contributed by atoms with Gasteiger partial charge in [-0.25, -0.2) is 4.79 Å². The Bertz CT molecular complexity index is 500. The maximum atomic E-state index is 12.0. The monoisotopic (exact) mass is 309 g/mol. The molecule has 1 fully saturated rings. The van der Waals surface area contributed by atoms with Gasteiger partial charge in [-0.15, -0.1) is 0 Å². The highest BCUT2D eigenvalue weighted by atomic mass is 16.6. The molecule has 0 aliphatic carbocycles. The molecule has 0 spiro atoms. The van der Waals surface area contributed by atoms with Gasteiger partial charge in [0, 0.05) is 31.7 Å². The lowest BCUT2D eigenvalue weighted by Crippen LogP contribution is -2.36. The molecule has 0 radical (unpaired) electrons. The van der Waals surface area contributed by atoms with Crippen LogP contribution in [0.5, 0.6) is 0 Å². The van der Waals surface area contributed by atoms with Crippen LogP contribution in [0.1, 0.15) is 44.2 Å². The highest BCUT2D eigenvalue weighted by Crippen LogP contribution is 2.19. The van der Waals surface area contributed by atoms with E-state index in [4.69, 9.17) is 9.26 Å². The first-order valence-corrected chi connectivity index (χ1v) is 7.86. The summed E-state index contributed by atoms with van der Waals surface area (Å²) in [5.41, 5.74) is 1.63. The molecule has 1 aromatic heterocycles. The molecule has 6 nitrogen and oxygen atoms in total. The van der Waals surface area contributed by atoms with Crippen LogP contribution >= 0.6 is 0 Å². The van der Waals surface area contributed by atoms with Crippen molar-refractivity contribution in [2.24, 2.45) is 5.92 Å². The second kappa shape index (κ2) is 6.69. The van der Waals surface area contributed by atoms with E-state index in [0.29, 0.717) is 5.92 Å². The van der Waals surface area contributed by atoms with Crippen LogP contribution in [0.25, 0.3) is 0 Å². The minimum absolute atomic E-state index is 0.208. The molecule has 0 saturated carbocycles. The fraction of sp³-hybridized carbons (Fsp3) is 0.750. The molecule has 124 valence electrons. The third kappa shape index (κ3) is 4.47. The van der Waals surface area contributed by atoms with E-state index in [2.05, 4.69) is 10.5 Å². The summed E-state index contributed by atoms with van der Waals surface area (Å²) in [4.78, 5) is 13.8. The standard InChI is InChI=1S/C16H27N3O3/c1-11-14(12(2)22-18-11)9-17-8-13-6-7-19(10-13)15(20)21-16(3,4)5/h13,17H,6-10H2,1-5H3. The molecular formula is C16H27N3O3. The average molecular weight is 309 g/mol. The molecule has 1 N–H and O–H groups in total. The van der Waals surface area contributed by atoms with E-state index in [1.807, 2.05) is 34.6 Å². The van der Waals surface area contributed by atoms with Crippen molar-refractivity contribution >= 4 is 6.09 Å². The smallest absolute Gasteiger partial charge is 0.410 e. The minimum atomic E-state index is -0.434. The van der Waals surface area contributed by atoms with Crippen LogP contribution in [0.15, 0.2) is 4.52 Å². The minimum Gasteiger partial charge on any atom is -0.444 e. The Balaban J connectivity index is 1.74. The number of aromatic nitrogens is 1. The Kier molecular flexibility index (Phi) is 5.11. The summed E-state index contributed by atoms with van der Waals surface area (Å²) in [6, 6.07) is 0. The van der Waals surface area contributed by atoms with Crippen molar-refractivity contribution in [1.82, 2.24) is 15.4 Å². The Morgan fingerprint density at radius 3 is 2.77 bits per heavy atom. The molecule has 0 aromatic carbocycles. The molecule has 1 amide bonds. The molecule has 22 heavy (non-hydrogen) atoms. The normalized spacial score (nSPS) is 18.8. The molecule has 2 heterocycles. The molecule has 1 atom stereocenters. The van der Waals surface area contributed by atoms with Gasteiger partial charge in [-0.05, 0) is 47.0 Å². The molecule has 0 bridgehead atoms. The fourth-order valence-corrected chi connectivity index (χ4v) is 2.65. The SMILES string of the molecule is Cc1noc(C)c1CNCC1CCN(C(=O)OC(C)(C)C)C1. The maximum absolute atomic E-state index is 12.0. The van der Waals surface area contributed by atoms with E-state index < -0.39 is 5.60 Å². The number of nitrogens with one attached hydrogen (secondary N) is 1. The largest absolute Gasteiger partial charge is 0.444 e. The molecule has 1 aromatic rings. The first-order valence-electron chi connectivity index (χ1n) is 7.86. The van der Waals surface area contributed by atoms with E-state index in [0.717, 1.165) is 49.6 Å². The number of amides is 1. The molecule has 1 aliphatic heterocycles. The summed E-state index contributed by atoms with van der Waals surface area (Å²) in [6.45, 7) is 12.7. The molecule has 1 unspecified atom stereocenters. The van der Waals surface area contributed by atoms with Gasteiger partial charge in [0.1, 0.15) is 11.4 Å². The predicted molar refractivity (Wildman–Crippen MR) is 83.6 cm³/mol. The van der Waals surface area contributed by atoms with Crippen molar-refractivity contribution in [2.45, 2.75) is 53.2 Å². The second-order valence-electron chi connectivity index (χ2n) is 7.01. The summed E-state index contributed by atoms with van der Waals surface area (Å²) in [5, 5.41) is 7.39. The van der Waals surface area contributed by atoms with E-state index in [-0.39, 0.29) is 6.09 Å². The number of hydrogen-bond donors (Lipinski definition) is 1. The first kappa shape index (κ1) is 16.8. The Hall–Kier alpha value is -1.56. The maximum Gasteiger partial charge on any atom is 0.410 e. The van der Waals surface area contributed by atoms with E-state index in [9.17, 15) is 4.79 Å². The van der Waals surface area contributed by atoms with Crippen LogP contribution in [0.2, 0.25) is 0 Å². The number of nitrogens with zero attached hydrogens (tertiary/aromatic N) is 2. The highest BCUT2D eigenvalue weighted by molar-refractivity contribution is 5.68. The number of likely N-dealkylation sites (tertiary alicyclic amines) is 1. The van der Waals surface area contributed by atoms with Gasteiger partial charge >= 0.3 is 6.09 Å². The first-order chi connectivity index (χ1) is 10.3. The third-order valence-corrected chi connectivity index (χ3v) is 3.85. The zero-order valence-corrected chi connectivity index (χ0v) is 14.2. The average Bonchev–Trinajstić information content (AvgIpc) is 2.98. The van der Waals surface area contributed by atoms with Crippen molar-refractivity contribution in [3.63, 3.8) is 0 Å². The lowest BCUT2D eigenvalue weighted by atomic mass is 10.1. The summed E-state index contributed by atoms with van der Waals surface area (Å²) in [7, 11) is 0. The van der Waals surface area contributed by atoms with Crippen LogP contribution in [0.3, 0.4) is 0 Å². The van der Waals surface area contributed by atoms with E-state index in [1.54, 1.807) is 4.90 Å². The van der Waals surface area contributed by atoms with Gasteiger partial charge in [-0.3, -0.25) is 0 Å². The van der Waals surface area contributed by atoms with E-state index in [1.165, 1.54) is 0 Å².